The summed E-state index contributed by atoms with van der Waals surface area (Å²) in [6.45, 7) is 3.07. The molecule has 30 rings (SSSR count). The molecular formula is C71H125NO48. The van der Waals surface area contributed by atoms with Crippen LogP contribution in [0.5, 0.6) is 0 Å². The van der Waals surface area contributed by atoms with Gasteiger partial charge in [-0.05, 0) is 11.8 Å². The number of hydrogen-bond donors (Lipinski definition) is 24. The van der Waals surface area contributed by atoms with Crippen molar-refractivity contribution < 1.29 is 236 Å². The van der Waals surface area contributed by atoms with E-state index in [-0.39, 0.29) is 51.5 Å². The molecular weight excluding hydrogens is 1630 g/mol. The van der Waals surface area contributed by atoms with Gasteiger partial charge in [-0.25, -0.2) is 0 Å². The standard InChI is InChI=1S/C71H125NO48/c1-71(2,3)5-7-98-9-11-100-13-15-102-17-19-104-21-20-103-18-16-101-14-12-99-10-8-97-6-4-38(80)72-22-30-55-39(81)47(89)63(105-30)114-56-31(23-73)107-65(49(91)41(56)83)116-58-33(25-75)109-67(51(93)43(58)85)118-60-35(27-77)111-69(53(95)45(60)87)120-62-37(29-79)112-70(54(96)46(62)88)119-61-36(28-78)110-68(52(94)44(61)86)117-59-34(26-76)108-66(50(92)42(59)84)115-57-32(24-74)106-64(113-55)48(90)40(57)82/h30-37,39-70,73-79,81-96H,4-29H2,1-3H3,(H,72,80)/t30?,31?,32?,33?,34?,35?,36?,37?,39-,40-,41-,42-,43-,44-,45-,46-,47?,48?,49?,50?,51?,52?,53?,54?,55+,56-,57-,58-,59-,60-,61-,62-,63-,64-,65-,66-,67-,68+,69-,70-/m1/s1. The fourth-order valence-corrected chi connectivity index (χ4v) is 14.4. The highest BCUT2D eigenvalue weighted by Gasteiger charge is 2.61. The monoisotopic (exact) mass is 1760 g/mol. The molecule has 0 spiro atoms. The van der Waals surface area contributed by atoms with E-state index in [2.05, 4.69) is 26.1 Å². The summed E-state index contributed by atoms with van der Waals surface area (Å²) < 4.78 is 137. The van der Waals surface area contributed by atoms with E-state index in [1.54, 1.807) is 0 Å². The number of aliphatic hydroxyl groups is 23. The molecule has 30 saturated heterocycles. The number of carbonyl (C=O) groups is 1. The van der Waals surface area contributed by atoms with Crippen molar-refractivity contribution in [3.63, 3.8) is 0 Å². The molecule has 120 heavy (non-hydrogen) atoms. The van der Waals surface area contributed by atoms with E-state index in [0.29, 0.717) is 66.1 Å². The highest BCUT2D eigenvalue weighted by Crippen LogP contribution is 2.40. The van der Waals surface area contributed by atoms with Gasteiger partial charge in [-0.3, -0.25) is 4.79 Å². The van der Waals surface area contributed by atoms with Gasteiger partial charge in [0, 0.05) is 19.6 Å². The molecule has 0 aromatic carbocycles. The second-order valence-electron chi connectivity index (χ2n) is 31.0. The predicted molar refractivity (Wildman–Crippen MR) is 382 cm³/mol. The van der Waals surface area contributed by atoms with Gasteiger partial charge in [-0.1, -0.05) is 20.8 Å². The van der Waals surface area contributed by atoms with Crippen LogP contribution in [0.1, 0.15) is 33.6 Å². The maximum Gasteiger partial charge on any atom is 0.222 e. The lowest BCUT2D eigenvalue weighted by molar-refractivity contribution is -0.403. The Morgan fingerprint density at radius 2 is 0.392 bits per heavy atom. The van der Waals surface area contributed by atoms with Gasteiger partial charge in [0.25, 0.3) is 0 Å². The average molecular weight is 1760 g/mol. The fraction of sp³-hybridized carbons (Fsp3) is 0.986. The first kappa shape index (κ1) is 101. The second-order valence-corrected chi connectivity index (χ2v) is 31.0. The van der Waals surface area contributed by atoms with E-state index in [1.807, 2.05) is 0 Å². The van der Waals surface area contributed by atoms with Crippen LogP contribution in [0.3, 0.4) is 0 Å². The Balaban J connectivity index is 0.840. The van der Waals surface area contributed by atoms with Crippen molar-refractivity contribution in [1.29, 1.82) is 0 Å². The Bertz CT molecular complexity index is 2840. The van der Waals surface area contributed by atoms with Gasteiger partial charge in [0.15, 0.2) is 50.3 Å². The largest absolute Gasteiger partial charge is 0.394 e. The molecule has 0 aliphatic carbocycles. The zero-order valence-electron chi connectivity index (χ0n) is 66.5. The van der Waals surface area contributed by atoms with Gasteiger partial charge in [-0.2, -0.15) is 0 Å². The maximum atomic E-state index is 13.5. The van der Waals surface area contributed by atoms with Gasteiger partial charge in [0.2, 0.25) is 5.91 Å². The summed E-state index contributed by atoms with van der Waals surface area (Å²) in [6.07, 6.45) is -83.0. The lowest BCUT2D eigenvalue weighted by Gasteiger charge is -2.50. The predicted octanol–water partition coefficient (Wildman–Crippen LogP) is -15.3. The fourth-order valence-electron chi connectivity index (χ4n) is 14.4. The molecule has 0 aromatic heterocycles. The summed E-state index contributed by atoms with van der Waals surface area (Å²) >= 11 is 0. The number of aliphatic hydroxyl groups excluding tert-OH is 23. The maximum absolute atomic E-state index is 13.5. The van der Waals surface area contributed by atoms with Gasteiger partial charge in [0.05, 0.1) is 145 Å². The van der Waals surface area contributed by atoms with E-state index in [1.165, 1.54) is 0 Å². The summed E-state index contributed by atoms with van der Waals surface area (Å²) in [5.74, 6) is -0.726. The van der Waals surface area contributed by atoms with Crippen LogP contribution in [0.4, 0.5) is 0 Å². The summed E-state index contributed by atoms with van der Waals surface area (Å²) in [5, 5.41) is 262. The van der Waals surface area contributed by atoms with Crippen LogP contribution >= 0.6 is 0 Å². The van der Waals surface area contributed by atoms with Gasteiger partial charge in [0.1, 0.15) is 195 Å². The van der Waals surface area contributed by atoms with Crippen LogP contribution in [0.25, 0.3) is 0 Å². The van der Waals surface area contributed by atoms with Crippen molar-refractivity contribution in [2.45, 2.75) is 279 Å². The first-order chi connectivity index (χ1) is 57.4. The number of hydrogen-bond acceptors (Lipinski definition) is 48. The molecule has 1 amide bonds. The van der Waals surface area contributed by atoms with Crippen molar-refractivity contribution in [2.24, 2.45) is 5.41 Å². The van der Waals surface area contributed by atoms with Crippen LogP contribution in [0.2, 0.25) is 0 Å². The number of carbonyl (C=O) groups excluding carboxylic acids is 1. The van der Waals surface area contributed by atoms with Crippen molar-refractivity contribution in [3.8, 4) is 0 Å². The van der Waals surface area contributed by atoms with E-state index in [9.17, 15) is 122 Å². The third kappa shape index (κ3) is 26.7. The minimum atomic E-state index is -2.32. The summed E-state index contributed by atoms with van der Waals surface area (Å²) in [4.78, 5) is 13.5. The molecule has 16 bridgehead atoms. The van der Waals surface area contributed by atoms with Crippen LogP contribution in [0.15, 0.2) is 0 Å². The molecule has 702 valence electrons. The van der Waals surface area contributed by atoms with Crippen LogP contribution in [-0.2, 0) is 118 Å². The van der Waals surface area contributed by atoms with Crippen molar-refractivity contribution in [3.05, 3.63) is 0 Å². The smallest absolute Gasteiger partial charge is 0.222 e. The lowest BCUT2D eigenvalue weighted by atomic mass is 9.93. The van der Waals surface area contributed by atoms with E-state index in [0.717, 1.165) is 6.42 Å². The number of ether oxygens (including phenoxy) is 24. The minimum absolute atomic E-state index is 0.0279. The van der Waals surface area contributed by atoms with Crippen LogP contribution in [0, 0.1) is 5.41 Å². The number of rotatable bonds is 35. The molecule has 30 aliphatic rings. The summed E-state index contributed by atoms with van der Waals surface area (Å²) in [6, 6.07) is 0. The Morgan fingerprint density at radius 1 is 0.233 bits per heavy atom. The molecule has 49 heteroatoms. The van der Waals surface area contributed by atoms with E-state index in [4.69, 9.17) is 114 Å². The van der Waals surface area contributed by atoms with E-state index < -0.39 is 304 Å². The molecule has 16 unspecified atom stereocenters. The molecule has 30 aliphatic heterocycles. The van der Waals surface area contributed by atoms with Crippen molar-refractivity contribution >= 4 is 5.91 Å². The molecule has 0 radical (unpaired) electrons. The molecule has 0 saturated carbocycles. The molecule has 0 aromatic rings. The van der Waals surface area contributed by atoms with Crippen molar-refractivity contribution in [2.75, 3.05) is 159 Å². The molecule has 30 heterocycles. The molecule has 49 nitrogen and oxygen atoms in total. The Kier molecular flexibility index (Phi) is 41.7. The number of nitrogens with one attached hydrogen (secondary N) is 1. The van der Waals surface area contributed by atoms with Crippen LogP contribution in [-0.4, -0.2) is 528 Å². The quantitative estimate of drug-likeness (QED) is 0.0262. The Morgan fingerprint density at radius 3 is 0.567 bits per heavy atom. The molecule has 24 N–H and O–H groups in total. The Labute approximate surface area is 688 Å². The first-order valence-electron chi connectivity index (χ1n) is 40.0. The summed E-state index contributed by atoms with van der Waals surface area (Å²) in [5.41, 5.74) is 0.220. The number of amides is 1. The zero-order chi connectivity index (χ0) is 87.2. The SMILES string of the molecule is CC(C)(C)CCOCCOCCOCCOCCOCCOCCOCCOCCC(=O)NCC1O[C@@H]2O[C@@H]3C(CO)O[C@H](O[C@@H]4C(CO)O[C@H](O[C@@H]5C(CO)O[C@H](O[C@@H]6C(CO)O[C@H](O[C@@H]7C(CO)O[C@@H](O[C@@H]8C(CO)O[C@H](O[C@@H]9C(CO)O[C@H](O[C@@H]1[C@H](O)C2O)C(O)[C@H]9O)C(O)[C@H]8O)C(O)[C@H]7O)C(O)[C@H]6O)C(O)[C@H]5O)C(O)[C@H]4O)C(O)[C@H]3O. The lowest BCUT2D eigenvalue weighted by Crippen LogP contribution is -2.69. The third-order valence-electron chi connectivity index (χ3n) is 21.3. The average Bonchev–Trinajstić information content (AvgIpc) is 0.769. The topological polar surface area (TPSA) is 716 Å². The van der Waals surface area contributed by atoms with Gasteiger partial charge >= 0.3 is 0 Å². The highest BCUT2D eigenvalue weighted by atomic mass is 16.8. The van der Waals surface area contributed by atoms with E-state index >= 15 is 0 Å². The second kappa shape index (κ2) is 49.4. The van der Waals surface area contributed by atoms with Crippen LogP contribution < -0.4 is 5.32 Å². The first-order valence-corrected chi connectivity index (χ1v) is 40.0. The highest BCUT2D eigenvalue weighted by molar-refractivity contribution is 5.76. The van der Waals surface area contributed by atoms with Crippen molar-refractivity contribution in [1.82, 2.24) is 5.32 Å². The minimum Gasteiger partial charge on any atom is -0.394 e. The zero-order valence-corrected chi connectivity index (χ0v) is 66.5. The molecule has 40 atom stereocenters. The Hall–Kier alpha value is -2.41. The normalized spacial score (nSPS) is 43.9. The van der Waals surface area contributed by atoms with Gasteiger partial charge < -0.3 is 236 Å². The molecule has 30 fully saturated rings. The van der Waals surface area contributed by atoms with Gasteiger partial charge in [-0.15, -0.1) is 0 Å². The third-order valence-corrected chi connectivity index (χ3v) is 21.3. The summed E-state index contributed by atoms with van der Waals surface area (Å²) in [7, 11) is 0.